The van der Waals surface area contributed by atoms with Crippen LogP contribution in [0.4, 0.5) is 0 Å². The molecule has 2 aromatic rings. The van der Waals surface area contributed by atoms with Crippen LogP contribution in [-0.2, 0) is 11.8 Å². The van der Waals surface area contributed by atoms with E-state index in [-0.39, 0.29) is 12.0 Å². The number of aromatic nitrogens is 4. The lowest BCUT2D eigenvalue weighted by Crippen LogP contribution is -2.42. The number of carbonyl (C=O) groups is 1. The van der Waals surface area contributed by atoms with E-state index in [9.17, 15) is 4.79 Å². The lowest BCUT2D eigenvalue weighted by molar-refractivity contribution is -0.0249. The van der Waals surface area contributed by atoms with Crippen molar-refractivity contribution in [1.29, 1.82) is 0 Å². The number of hydrogen-bond acceptors (Lipinski definition) is 4. The second kappa shape index (κ2) is 4.85. The number of aromatic amines is 1. The van der Waals surface area contributed by atoms with E-state index >= 15 is 0 Å². The van der Waals surface area contributed by atoms with Crippen LogP contribution in [0, 0.1) is 0 Å². The topological polar surface area (TPSA) is 76.0 Å². The summed E-state index contributed by atoms with van der Waals surface area (Å²) in [5, 5.41) is 10.9. The fourth-order valence-electron chi connectivity index (χ4n) is 2.16. The molecule has 1 aliphatic heterocycles. The first kappa shape index (κ1) is 11.9. The fraction of sp³-hybridized carbons (Fsp3) is 0.417. The Bertz CT molecular complexity index is 562. The van der Waals surface area contributed by atoms with Gasteiger partial charge in [0.1, 0.15) is 11.8 Å². The number of nitrogens with zero attached hydrogens (tertiary/aromatic N) is 4. The number of amides is 1. The zero-order chi connectivity index (χ0) is 13.2. The molecule has 0 bridgehead atoms. The summed E-state index contributed by atoms with van der Waals surface area (Å²) in [4.78, 5) is 14.1. The molecule has 100 valence electrons. The van der Waals surface area contributed by atoms with Gasteiger partial charge in [0.2, 0.25) is 0 Å². The van der Waals surface area contributed by atoms with Crippen molar-refractivity contribution < 1.29 is 9.53 Å². The summed E-state index contributed by atoms with van der Waals surface area (Å²) in [5.74, 6) is -0.0617. The van der Waals surface area contributed by atoms with Crippen LogP contribution in [0.1, 0.15) is 22.3 Å². The monoisotopic (exact) mass is 261 g/mol. The van der Waals surface area contributed by atoms with Gasteiger partial charge in [0, 0.05) is 26.0 Å². The predicted molar refractivity (Wildman–Crippen MR) is 66.4 cm³/mol. The van der Waals surface area contributed by atoms with E-state index in [4.69, 9.17) is 4.74 Å². The zero-order valence-corrected chi connectivity index (χ0v) is 10.6. The fourth-order valence-corrected chi connectivity index (χ4v) is 2.16. The molecule has 7 heteroatoms. The molecule has 19 heavy (non-hydrogen) atoms. The first-order chi connectivity index (χ1) is 9.24. The highest BCUT2D eigenvalue weighted by molar-refractivity contribution is 5.92. The summed E-state index contributed by atoms with van der Waals surface area (Å²) in [6, 6.07) is 3.59. The summed E-state index contributed by atoms with van der Waals surface area (Å²) < 4.78 is 7.28. The molecule has 1 aliphatic rings. The number of morpholine rings is 1. The molecule has 3 heterocycles. The molecule has 3 rings (SSSR count). The molecule has 1 N–H and O–H groups in total. The van der Waals surface area contributed by atoms with E-state index in [0.29, 0.717) is 25.4 Å². The Labute approximate surface area is 110 Å². The Morgan fingerprint density at radius 3 is 3.11 bits per heavy atom. The predicted octanol–water partition coefficient (Wildman–Crippen LogP) is 0.357. The highest BCUT2D eigenvalue weighted by Crippen LogP contribution is 2.21. The van der Waals surface area contributed by atoms with Crippen LogP contribution < -0.4 is 0 Å². The number of hydrogen-bond donors (Lipinski definition) is 1. The second-order valence-corrected chi connectivity index (χ2v) is 4.50. The van der Waals surface area contributed by atoms with Crippen LogP contribution >= 0.6 is 0 Å². The Kier molecular flexibility index (Phi) is 3.04. The Hall–Kier alpha value is -2.15. The molecule has 7 nitrogen and oxygen atoms in total. The van der Waals surface area contributed by atoms with E-state index in [0.717, 1.165) is 5.69 Å². The highest BCUT2D eigenvalue weighted by Gasteiger charge is 2.27. The van der Waals surface area contributed by atoms with Crippen molar-refractivity contribution in [2.24, 2.45) is 7.05 Å². The third-order valence-electron chi connectivity index (χ3n) is 3.16. The van der Waals surface area contributed by atoms with E-state index in [1.165, 1.54) is 0 Å². The SMILES string of the molecule is Cn1ccc(C(=O)N2CCO[C@H](c3ccn[nH]3)C2)n1. The number of H-pyrrole nitrogens is 1. The van der Waals surface area contributed by atoms with Gasteiger partial charge >= 0.3 is 0 Å². The van der Waals surface area contributed by atoms with E-state index in [2.05, 4.69) is 15.3 Å². The lowest BCUT2D eigenvalue weighted by atomic mass is 10.2. The van der Waals surface area contributed by atoms with Crippen molar-refractivity contribution in [2.45, 2.75) is 6.10 Å². The van der Waals surface area contributed by atoms with Crippen LogP contribution in [0.25, 0.3) is 0 Å². The number of carbonyl (C=O) groups excluding carboxylic acids is 1. The maximum Gasteiger partial charge on any atom is 0.274 e. The molecule has 0 spiro atoms. The van der Waals surface area contributed by atoms with Crippen LogP contribution in [0.15, 0.2) is 24.5 Å². The number of ether oxygens (including phenoxy) is 1. The Morgan fingerprint density at radius 2 is 2.42 bits per heavy atom. The number of rotatable bonds is 2. The lowest BCUT2D eigenvalue weighted by Gasteiger charge is -2.31. The summed E-state index contributed by atoms with van der Waals surface area (Å²) in [5.41, 5.74) is 1.35. The summed E-state index contributed by atoms with van der Waals surface area (Å²) in [6.07, 6.45) is 3.29. The van der Waals surface area contributed by atoms with Crippen molar-refractivity contribution in [2.75, 3.05) is 19.7 Å². The van der Waals surface area contributed by atoms with Crippen LogP contribution in [0.2, 0.25) is 0 Å². The molecule has 1 fully saturated rings. The largest absolute Gasteiger partial charge is 0.368 e. The van der Waals surface area contributed by atoms with Gasteiger partial charge in [0.15, 0.2) is 0 Å². The van der Waals surface area contributed by atoms with Crippen LogP contribution in [0.5, 0.6) is 0 Å². The molecule has 0 radical (unpaired) electrons. The quantitative estimate of drug-likeness (QED) is 0.846. The molecule has 0 aliphatic carbocycles. The van der Waals surface area contributed by atoms with Gasteiger partial charge in [-0.3, -0.25) is 14.6 Å². The average Bonchev–Trinajstić information content (AvgIpc) is 3.09. The zero-order valence-electron chi connectivity index (χ0n) is 10.6. The van der Waals surface area contributed by atoms with Gasteiger partial charge < -0.3 is 9.64 Å². The van der Waals surface area contributed by atoms with Gasteiger partial charge in [0.05, 0.1) is 18.8 Å². The normalized spacial score (nSPS) is 19.6. The third-order valence-corrected chi connectivity index (χ3v) is 3.16. The first-order valence-electron chi connectivity index (χ1n) is 6.14. The van der Waals surface area contributed by atoms with Gasteiger partial charge in [-0.2, -0.15) is 10.2 Å². The Balaban J connectivity index is 1.73. The average molecular weight is 261 g/mol. The van der Waals surface area contributed by atoms with Gasteiger partial charge in [-0.15, -0.1) is 0 Å². The standard InChI is InChI=1S/C12H15N5O2/c1-16-5-3-10(15-16)12(18)17-6-7-19-11(8-17)9-2-4-13-14-9/h2-5,11H,6-8H2,1H3,(H,13,14)/t11-/m0/s1. The van der Waals surface area contributed by atoms with Gasteiger partial charge in [0.25, 0.3) is 5.91 Å². The van der Waals surface area contributed by atoms with E-state index < -0.39 is 0 Å². The summed E-state index contributed by atoms with van der Waals surface area (Å²) in [7, 11) is 1.80. The minimum atomic E-state index is -0.149. The number of aryl methyl sites for hydroxylation is 1. The smallest absolute Gasteiger partial charge is 0.274 e. The molecular weight excluding hydrogens is 246 g/mol. The number of nitrogens with one attached hydrogen (secondary N) is 1. The Morgan fingerprint density at radius 1 is 1.53 bits per heavy atom. The van der Waals surface area contributed by atoms with Crippen molar-refractivity contribution in [3.05, 3.63) is 35.9 Å². The van der Waals surface area contributed by atoms with Crippen molar-refractivity contribution in [3.63, 3.8) is 0 Å². The first-order valence-corrected chi connectivity index (χ1v) is 6.14. The molecule has 2 aromatic heterocycles. The molecule has 1 saturated heterocycles. The van der Waals surface area contributed by atoms with Crippen molar-refractivity contribution in [1.82, 2.24) is 24.9 Å². The van der Waals surface area contributed by atoms with Crippen molar-refractivity contribution in [3.8, 4) is 0 Å². The molecule has 0 aromatic carbocycles. The summed E-state index contributed by atoms with van der Waals surface area (Å²) >= 11 is 0. The van der Waals surface area contributed by atoms with Gasteiger partial charge in [-0.05, 0) is 12.1 Å². The van der Waals surface area contributed by atoms with Gasteiger partial charge in [-0.1, -0.05) is 0 Å². The molecule has 0 saturated carbocycles. The summed E-state index contributed by atoms with van der Waals surface area (Å²) in [6.45, 7) is 1.61. The maximum atomic E-state index is 12.3. The van der Waals surface area contributed by atoms with E-state index in [1.54, 1.807) is 35.1 Å². The minimum Gasteiger partial charge on any atom is -0.368 e. The molecule has 1 amide bonds. The molecule has 0 unspecified atom stereocenters. The highest BCUT2D eigenvalue weighted by atomic mass is 16.5. The third kappa shape index (κ3) is 2.37. The molecular formula is C12H15N5O2. The van der Waals surface area contributed by atoms with E-state index in [1.807, 2.05) is 6.07 Å². The molecule has 1 atom stereocenters. The van der Waals surface area contributed by atoms with Crippen LogP contribution in [-0.4, -0.2) is 50.5 Å². The van der Waals surface area contributed by atoms with Gasteiger partial charge in [-0.25, -0.2) is 0 Å². The van der Waals surface area contributed by atoms with Crippen LogP contribution in [0.3, 0.4) is 0 Å². The minimum absolute atomic E-state index is 0.0617. The maximum absolute atomic E-state index is 12.3. The second-order valence-electron chi connectivity index (χ2n) is 4.50. The van der Waals surface area contributed by atoms with Crippen molar-refractivity contribution >= 4 is 5.91 Å².